The standard InChI is InChI=1S/C16H11ClO2/c17-16(9-18)19-10-15-13-7-3-1-5-11(13)12-6-2-4-8-14(12)15/h1-8,15H,10H2. The van der Waals surface area contributed by atoms with Gasteiger partial charge in [-0.15, -0.1) is 0 Å². The van der Waals surface area contributed by atoms with Crippen molar-refractivity contribution in [1.82, 2.24) is 0 Å². The van der Waals surface area contributed by atoms with Crippen LogP contribution in [0.5, 0.6) is 0 Å². The van der Waals surface area contributed by atoms with E-state index < -0.39 is 0 Å². The number of fused-ring (bicyclic) bond motifs is 3. The number of benzene rings is 2. The van der Waals surface area contributed by atoms with Crippen LogP contribution in [0.4, 0.5) is 0 Å². The van der Waals surface area contributed by atoms with E-state index in [0.29, 0.717) is 6.61 Å². The molecule has 2 nitrogen and oxygen atoms in total. The predicted octanol–water partition coefficient (Wildman–Crippen LogP) is 3.73. The third-order valence-electron chi connectivity index (χ3n) is 3.42. The SMILES string of the molecule is O=C=C(Cl)OCC1c2ccccc2-c2ccccc21. The van der Waals surface area contributed by atoms with Crippen molar-refractivity contribution in [3.8, 4) is 11.1 Å². The largest absolute Gasteiger partial charge is 0.474 e. The monoisotopic (exact) mass is 270 g/mol. The molecular weight excluding hydrogens is 260 g/mol. The van der Waals surface area contributed by atoms with Gasteiger partial charge < -0.3 is 4.74 Å². The summed E-state index contributed by atoms with van der Waals surface area (Å²) in [6.07, 6.45) is 0. The van der Waals surface area contributed by atoms with E-state index in [1.54, 1.807) is 5.94 Å². The second-order valence-electron chi connectivity index (χ2n) is 4.41. The molecule has 0 aromatic heterocycles. The highest BCUT2D eigenvalue weighted by atomic mass is 35.5. The third kappa shape index (κ3) is 2.06. The Morgan fingerprint density at radius 1 is 1.05 bits per heavy atom. The summed E-state index contributed by atoms with van der Waals surface area (Å²) in [4.78, 5) is 10.4. The Morgan fingerprint density at radius 2 is 1.58 bits per heavy atom. The average Bonchev–Trinajstić information content (AvgIpc) is 2.79. The Kier molecular flexibility index (Phi) is 3.12. The lowest BCUT2D eigenvalue weighted by atomic mass is 9.98. The highest BCUT2D eigenvalue weighted by Gasteiger charge is 2.28. The molecule has 0 heterocycles. The van der Waals surface area contributed by atoms with Gasteiger partial charge in [-0.2, -0.15) is 0 Å². The normalized spacial score (nSPS) is 12.5. The van der Waals surface area contributed by atoms with Crippen LogP contribution in [-0.4, -0.2) is 12.5 Å². The van der Waals surface area contributed by atoms with Crippen LogP contribution in [-0.2, 0) is 9.53 Å². The van der Waals surface area contributed by atoms with Crippen molar-refractivity contribution in [2.24, 2.45) is 0 Å². The fraction of sp³-hybridized carbons (Fsp3) is 0.125. The maximum absolute atomic E-state index is 10.4. The fourth-order valence-corrected chi connectivity index (χ4v) is 2.69. The number of halogens is 1. The van der Waals surface area contributed by atoms with E-state index in [1.165, 1.54) is 22.3 Å². The zero-order valence-corrected chi connectivity index (χ0v) is 10.9. The summed E-state index contributed by atoms with van der Waals surface area (Å²) in [6.45, 7) is 0.349. The van der Waals surface area contributed by atoms with Crippen molar-refractivity contribution in [1.29, 1.82) is 0 Å². The number of rotatable bonds is 3. The molecule has 2 aromatic carbocycles. The van der Waals surface area contributed by atoms with Gasteiger partial charge in [-0.3, -0.25) is 0 Å². The molecule has 1 aliphatic carbocycles. The molecule has 0 atom stereocenters. The summed E-state index contributed by atoms with van der Waals surface area (Å²) in [5.41, 5.74) is 4.86. The number of hydrogen-bond acceptors (Lipinski definition) is 2. The molecule has 0 saturated heterocycles. The second-order valence-corrected chi connectivity index (χ2v) is 4.76. The van der Waals surface area contributed by atoms with Crippen molar-refractivity contribution in [2.75, 3.05) is 6.61 Å². The lowest BCUT2D eigenvalue weighted by molar-refractivity contribution is 0.229. The average molecular weight is 271 g/mol. The quantitative estimate of drug-likeness (QED) is 0.627. The second kappa shape index (κ2) is 4.93. The van der Waals surface area contributed by atoms with Gasteiger partial charge in [0.15, 0.2) is 5.94 Å². The highest BCUT2D eigenvalue weighted by Crippen LogP contribution is 2.44. The molecule has 0 spiro atoms. The van der Waals surface area contributed by atoms with Crippen LogP contribution in [0.25, 0.3) is 11.1 Å². The molecule has 3 heteroatoms. The van der Waals surface area contributed by atoms with Crippen LogP contribution in [0.2, 0.25) is 0 Å². The molecule has 0 unspecified atom stereocenters. The molecule has 0 N–H and O–H groups in total. The Hall–Kier alpha value is -2.02. The van der Waals surface area contributed by atoms with Gasteiger partial charge in [-0.25, -0.2) is 4.79 Å². The first kappa shape index (κ1) is 12.0. The van der Waals surface area contributed by atoms with Gasteiger partial charge in [0, 0.05) is 5.92 Å². The molecule has 0 saturated carbocycles. The molecule has 0 aliphatic heterocycles. The van der Waals surface area contributed by atoms with Gasteiger partial charge in [0.05, 0.1) is 0 Å². The Morgan fingerprint density at radius 3 is 2.11 bits per heavy atom. The van der Waals surface area contributed by atoms with Gasteiger partial charge in [-0.05, 0) is 33.9 Å². The van der Waals surface area contributed by atoms with Gasteiger partial charge in [0.25, 0.3) is 5.22 Å². The lowest BCUT2D eigenvalue weighted by Crippen LogP contribution is -2.05. The van der Waals surface area contributed by atoms with E-state index >= 15 is 0 Å². The third-order valence-corrected chi connectivity index (χ3v) is 3.61. The van der Waals surface area contributed by atoms with Gasteiger partial charge in [-0.1, -0.05) is 48.5 Å². The molecule has 0 bridgehead atoms. The first-order chi connectivity index (χ1) is 9.31. The van der Waals surface area contributed by atoms with E-state index in [1.807, 2.05) is 24.3 Å². The van der Waals surface area contributed by atoms with E-state index in [9.17, 15) is 4.79 Å². The summed E-state index contributed by atoms with van der Waals surface area (Å²) < 4.78 is 5.25. The van der Waals surface area contributed by atoms with E-state index in [0.717, 1.165) is 0 Å². The van der Waals surface area contributed by atoms with E-state index in [4.69, 9.17) is 16.3 Å². The summed E-state index contributed by atoms with van der Waals surface area (Å²) in [6, 6.07) is 16.4. The number of ether oxygens (including phenoxy) is 1. The molecule has 3 rings (SSSR count). The van der Waals surface area contributed by atoms with Crippen LogP contribution in [0.15, 0.2) is 53.7 Å². The predicted molar refractivity (Wildman–Crippen MR) is 74.7 cm³/mol. The maximum Gasteiger partial charge on any atom is 0.274 e. The zero-order valence-electron chi connectivity index (χ0n) is 10.1. The van der Waals surface area contributed by atoms with Crippen LogP contribution < -0.4 is 0 Å². The smallest absolute Gasteiger partial charge is 0.274 e. The summed E-state index contributed by atoms with van der Waals surface area (Å²) in [5.74, 6) is 1.65. The van der Waals surface area contributed by atoms with Crippen molar-refractivity contribution in [3.05, 3.63) is 64.9 Å². The molecule has 1 aliphatic rings. The topological polar surface area (TPSA) is 26.3 Å². The molecule has 94 valence electrons. The summed E-state index contributed by atoms with van der Waals surface area (Å²) in [5, 5.41) is -0.220. The Labute approximate surface area is 116 Å². The van der Waals surface area contributed by atoms with E-state index in [-0.39, 0.29) is 11.1 Å². The minimum Gasteiger partial charge on any atom is -0.474 e. The molecule has 19 heavy (non-hydrogen) atoms. The molecular formula is C16H11ClO2. The Balaban J connectivity index is 2.02. The molecule has 2 aromatic rings. The van der Waals surface area contributed by atoms with E-state index in [2.05, 4.69) is 24.3 Å². The van der Waals surface area contributed by atoms with Crippen molar-refractivity contribution >= 4 is 17.5 Å². The number of carbonyl (C=O) groups excluding carboxylic acids is 1. The fourth-order valence-electron chi connectivity index (χ4n) is 2.63. The number of hydrogen-bond donors (Lipinski definition) is 0. The minimum absolute atomic E-state index is 0.106. The van der Waals surface area contributed by atoms with Crippen LogP contribution in [0.1, 0.15) is 17.0 Å². The lowest BCUT2D eigenvalue weighted by Gasteiger charge is -2.13. The summed E-state index contributed by atoms with van der Waals surface area (Å²) in [7, 11) is 0. The maximum atomic E-state index is 10.4. The molecule has 0 amide bonds. The molecule has 0 fully saturated rings. The first-order valence-electron chi connectivity index (χ1n) is 6.03. The van der Waals surface area contributed by atoms with Crippen molar-refractivity contribution in [3.63, 3.8) is 0 Å². The van der Waals surface area contributed by atoms with Gasteiger partial charge in [0.2, 0.25) is 0 Å². The zero-order chi connectivity index (χ0) is 13.2. The molecule has 0 radical (unpaired) electrons. The summed E-state index contributed by atoms with van der Waals surface area (Å²) >= 11 is 5.57. The van der Waals surface area contributed by atoms with Gasteiger partial charge in [0.1, 0.15) is 6.61 Å². The van der Waals surface area contributed by atoms with Gasteiger partial charge >= 0.3 is 0 Å². The minimum atomic E-state index is -0.220. The van der Waals surface area contributed by atoms with Crippen LogP contribution >= 0.6 is 11.6 Å². The van der Waals surface area contributed by atoms with Crippen molar-refractivity contribution in [2.45, 2.75) is 5.92 Å². The highest BCUT2D eigenvalue weighted by molar-refractivity contribution is 6.31. The van der Waals surface area contributed by atoms with Crippen LogP contribution in [0, 0.1) is 0 Å². The van der Waals surface area contributed by atoms with Crippen molar-refractivity contribution < 1.29 is 9.53 Å². The first-order valence-corrected chi connectivity index (χ1v) is 6.40. The van der Waals surface area contributed by atoms with Crippen LogP contribution in [0.3, 0.4) is 0 Å². The Bertz CT molecular complexity index is 626.